The van der Waals surface area contributed by atoms with Crippen LogP contribution in [0.25, 0.3) is 0 Å². The van der Waals surface area contributed by atoms with Crippen LogP contribution in [0.3, 0.4) is 0 Å². The van der Waals surface area contributed by atoms with Gasteiger partial charge in [-0.15, -0.1) is 0 Å². The molecule has 106 valence electrons. The van der Waals surface area contributed by atoms with Gasteiger partial charge >= 0.3 is 0 Å². The van der Waals surface area contributed by atoms with E-state index in [1.165, 1.54) is 12.5 Å². The van der Waals surface area contributed by atoms with Crippen LogP contribution in [0.15, 0.2) is 36.9 Å². The van der Waals surface area contributed by atoms with Gasteiger partial charge in [0.2, 0.25) is 5.91 Å². The summed E-state index contributed by atoms with van der Waals surface area (Å²) in [5.41, 5.74) is 1.33. The molecule has 2 rings (SSSR count). The van der Waals surface area contributed by atoms with Crippen molar-refractivity contribution in [1.29, 1.82) is 0 Å². The van der Waals surface area contributed by atoms with E-state index in [4.69, 9.17) is 0 Å². The Morgan fingerprint density at radius 2 is 2.00 bits per heavy atom. The highest BCUT2D eigenvalue weighted by Gasteiger charge is 2.27. The summed E-state index contributed by atoms with van der Waals surface area (Å²) in [6.07, 6.45) is 4.63. The quantitative estimate of drug-likeness (QED) is 0.838. The molecule has 0 spiro atoms. The van der Waals surface area contributed by atoms with E-state index in [2.05, 4.69) is 11.9 Å². The van der Waals surface area contributed by atoms with Crippen LogP contribution in [0.1, 0.15) is 36.5 Å². The number of rotatable bonds is 5. The lowest BCUT2D eigenvalue weighted by Crippen LogP contribution is -2.44. The zero-order valence-electron chi connectivity index (χ0n) is 11.8. The van der Waals surface area contributed by atoms with Gasteiger partial charge in [0.05, 0.1) is 0 Å². The molecule has 1 fully saturated rings. The van der Waals surface area contributed by atoms with E-state index >= 15 is 0 Å². The minimum absolute atomic E-state index is 0.0683. The van der Waals surface area contributed by atoms with Crippen LogP contribution >= 0.6 is 0 Å². The number of amides is 2. The molecule has 0 saturated heterocycles. The maximum Gasteiger partial charge on any atom is 0.254 e. The molecule has 2 amide bonds. The van der Waals surface area contributed by atoms with Gasteiger partial charge in [-0.05, 0) is 56.5 Å². The van der Waals surface area contributed by atoms with Crippen molar-refractivity contribution < 1.29 is 9.59 Å². The molecule has 4 nitrogen and oxygen atoms in total. The van der Waals surface area contributed by atoms with Gasteiger partial charge in [0, 0.05) is 23.8 Å². The molecule has 0 aliphatic heterocycles. The Hall–Kier alpha value is -2.10. The van der Waals surface area contributed by atoms with Crippen molar-refractivity contribution in [2.24, 2.45) is 0 Å². The molecule has 1 aliphatic carbocycles. The summed E-state index contributed by atoms with van der Waals surface area (Å²) < 4.78 is 0. The van der Waals surface area contributed by atoms with Crippen LogP contribution in [0.4, 0.5) is 5.69 Å². The van der Waals surface area contributed by atoms with Gasteiger partial charge in [-0.25, -0.2) is 0 Å². The molecule has 1 aliphatic rings. The highest BCUT2D eigenvalue weighted by molar-refractivity contribution is 5.99. The fraction of sp³-hybridized carbons (Fsp3) is 0.375. The minimum Gasteiger partial charge on any atom is -0.336 e. The zero-order valence-corrected chi connectivity index (χ0v) is 11.8. The minimum atomic E-state index is -0.256. The first-order chi connectivity index (χ1) is 9.65. The van der Waals surface area contributed by atoms with Crippen molar-refractivity contribution in [3.8, 4) is 0 Å². The second kappa shape index (κ2) is 6.37. The Morgan fingerprint density at radius 1 is 1.35 bits per heavy atom. The van der Waals surface area contributed by atoms with Crippen LogP contribution in [-0.4, -0.2) is 29.3 Å². The van der Waals surface area contributed by atoms with Crippen molar-refractivity contribution in [3.05, 3.63) is 42.5 Å². The van der Waals surface area contributed by atoms with E-state index in [0.717, 1.165) is 19.4 Å². The molecule has 4 heteroatoms. The largest absolute Gasteiger partial charge is 0.336 e. The third kappa shape index (κ3) is 3.07. The van der Waals surface area contributed by atoms with E-state index < -0.39 is 0 Å². The van der Waals surface area contributed by atoms with Gasteiger partial charge in [-0.3, -0.25) is 9.59 Å². The van der Waals surface area contributed by atoms with Crippen molar-refractivity contribution in [2.45, 2.75) is 32.2 Å². The fourth-order valence-electron chi connectivity index (χ4n) is 2.32. The monoisotopic (exact) mass is 272 g/mol. The molecule has 1 N–H and O–H groups in total. The Bertz CT molecular complexity index is 504. The Morgan fingerprint density at radius 3 is 2.45 bits per heavy atom. The topological polar surface area (TPSA) is 49.4 Å². The summed E-state index contributed by atoms with van der Waals surface area (Å²) in [7, 11) is 0. The summed E-state index contributed by atoms with van der Waals surface area (Å²) >= 11 is 0. The van der Waals surface area contributed by atoms with Crippen molar-refractivity contribution in [2.75, 3.05) is 11.9 Å². The van der Waals surface area contributed by atoms with Gasteiger partial charge in [0.15, 0.2) is 0 Å². The molecule has 1 aromatic rings. The lowest BCUT2D eigenvalue weighted by Gasteiger charge is -2.37. The lowest BCUT2D eigenvalue weighted by molar-refractivity contribution is -0.111. The van der Waals surface area contributed by atoms with Gasteiger partial charge in [-0.1, -0.05) is 6.58 Å². The smallest absolute Gasteiger partial charge is 0.254 e. The van der Waals surface area contributed by atoms with Gasteiger partial charge in [0.25, 0.3) is 5.91 Å². The predicted octanol–water partition coefficient (Wildman–Crippen LogP) is 2.83. The number of benzene rings is 1. The molecule has 1 saturated carbocycles. The molecule has 0 aromatic heterocycles. The van der Waals surface area contributed by atoms with Crippen molar-refractivity contribution >= 4 is 17.5 Å². The van der Waals surface area contributed by atoms with Gasteiger partial charge < -0.3 is 10.2 Å². The summed E-state index contributed by atoms with van der Waals surface area (Å²) in [6.45, 7) is 6.14. The molecular formula is C16H20N2O2. The number of nitrogens with one attached hydrogen (secondary N) is 1. The molecule has 20 heavy (non-hydrogen) atoms. The van der Waals surface area contributed by atoms with E-state index in [1.807, 2.05) is 11.8 Å². The second-order valence-electron chi connectivity index (χ2n) is 4.95. The Kier molecular flexibility index (Phi) is 4.56. The average Bonchev–Trinajstić information content (AvgIpc) is 2.42. The first-order valence-corrected chi connectivity index (χ1v) is 7.00. The average molecular weight is 272 g/mol. The van der Waals surface area contributed by atoms with Gasteiger partial charge in [0.1, 0.15) is 0 Å². The van der Waals surface area contributed by atoms with Crippen LogP contribution in [0.5, 0.6) is 0 Å². The molecule has 0 radical (unpaired) electrons. The third-order valence-electron chi connectivity index (χ3n) is 3.70. The molecule has 0 atom stereocenters. The molecular weight excluding hydrogens is 252 g/mol. The number of nitrogens with zero attached hydrogens (tertiary/aromatic N) is 1. The first-order valence-electron chi connectivity index (χ1n) is 7.00. The maximum atomic E-state index is 12.4. The maximum absolute atomic E-state index is 12.4. The van der Waals surface area contributed by atoms with E-state index in [1.54, 1.807) is 24.3 Å². The first kappa shape index (κ1) is 14.3. The normalized spacial score (nSPS) is 14.2. The zero-order chi connectivity index (χ0) is 14.5. The SMILES string of the molecule is C=CC(=O)Nc1ccc(C(=O)N(CC)C2CCC2)cc1. The number of anilines is 1. The van der Waals surface area contributed by atoms with E-state index in [-0.39, 0.29) is 11.8 Å². The number of hydrogen-bond donors (Lipinski definition) is 1. The number of carbonyl (C=O) groups is 2. The summed E-state index contributed by atoms with van der Waals surface area (Å²) in [4.78, 5) is 25.5. The van der Waals surface area contributed by atoms with Crippen molar-refractivity contribution in [3.63, 3.8) is 0 Å². The lowest BCUT2D eigenvalue weighted by atomic mass is 9.91. The van der Waals surface area contributed by atoms with E-state index in [0.29, 0.717) is 17.3 Å². The number of hydrogen-bond acceptors (Lipinski definition) is 2. The third-order valence-corrected chi connectivity index (χ3v) is 3.70. The Balaban J connectivity index is 2.06. The standard InChI is InChI=1S/C16H20N2O2/c1-3-15(19)17-13-10-8-12(9-11-13)16(20)18(4-2)14-6-5-7-14/h3,8-11,14H,1,4-7H2,2H3,(H,17,19). The van der Waals surface area contributed by atoms with Gasteiger partial charge in [-0.2, -0.15) is 0 Å². The highest BCUT2D eigenvalue weighted by Crippen LogP contribution is 2.26. The summed E-state index contributed by atoms with van der Waals surface area (Å²) in [5, 5.41) is 2.66. The highest BCUT2D eigenvalue weighted by atomic mass is 16.2. The summed E-state index contributed by atoms with van der Waals surface area (Å²) in [6, 6.07) is 7.38. The molecule has 0 unspecified atom stereocenters. The van der Waals surface area contributed by atoms with Crippen molar-refractivity contribution in [1.82, 2.24) is 4.90 Å². The predicted molar refractivity (Wildman–Crippen MR) is 79.6 cm³/mol. The van der Waals surface area contributed by atoms with Crippen LogP contribution < -0.4 is 5.32 Å². The van der Waals surface area contributed by atoms with E-state index in [9.17, 15) is 9.59 Å². The van der Waals surface area contributed by atoms with Crippen LogP contribution in [0, 0.1) is 0 Å². The summed E-state index contributed by atoms with van der Waals surface area (Å²) in [5.74, 6) is -0.187. The number of carbonyl (C=O) groups excluding carboxylic acids is 2. The molecule has 0 bridgehead atoms. The second-order valence-corrected chi connectivity index (χ2v) is 4.95. The fourth-order valence-corrected chi connectivity index (χ4v) is 2.32. The Labute approximate surface area is 119 Å². The van der Waals surface area contributed by atoms with Crippen LogP contribution in [-0.2, 0) is 4.79 Å². The van der Waals surface area contributed by atoms with Crippen LogP contribution in [0.2, 0.25) is 0 Å². The molecule has 1 aromatic carbocycles. The molecule has 0 heterocycles.